The van der Waals surface area contributed by atoms with E-state index in [-0.39, 0.29) is 42.0 Å². The molecule has 1 amide bonds. The van der Waals surface area contributed by atoms with Crippen LogP contribution in [0.25, 0.3) is 0 Å². The zero-order chi connectivity index (χ0) is 20.1. The van der Waals surface area contributed by atoms with Crippen molar-refractivity contribution in [3.05, 3.63) is 29.8 Å². The van der Waals surface area contributed by atoms with Crippen molar-refractivity contribution in [3.63, 3.8) is 0 Å². The van der Waals surface area contributed by atoms with Crippen LogP contribution in [-0.4, -0.2) is 50.8 Å². The third-order valence-electron chi connectivity index (χ3n) is 5.74. The average Bonchev–Trinajstić information content (AvgIpc) is 2.61. The van der Waals surface area contributed by atoms with Gasteiger partial charge in [-0.2, -0.15) is 0 Å². The highest BCUT2D eigenvalue weighted by Gasteiger charge is 2.34. The quantitative estimate of drug-likeness (QED) is 0.602. The minimum atomic E-state index is -3.56. The number of aryl methyl sites for hydroxylation is 1. The van der Waals surface area contributed by atoms with Crippen LogP contribution in [0.5, 0.6) is 0 Å². The van der Waals surface area contributed by atoms with E-state index in [0.29, 0.717) is 12.0 Å². The number of carbonyl (C=O) groups excluding carboxylic acids is 1. The van der Waals surface area contributed by atoms with Crippen LogP contribution < -0.4 is 10.0 Å². The highest BCUT2D eigenvalue weighted by atomic mass is 32.2. The van der Waals surface area contributed by atoms with Gasteiger partial charge < -0.3 is 15.2 Å². The molecule has 28 heavy (non-hydrogen) atoms. The normalized spacial score (nSPS) is 25.9. The molecule has 2 aliphatic rings. The minimum absolute atomic E-state index is 0.0581. The standard InChI is InChI=1S/C20H30N2O5S/c1-14-5-2-3-8-19(14)28(25,26)21-12-11-16-9-10-17(18(13-23)27-16)22-20(24)15-6-4-7-15/h2-3,5,8,15-18,21,23H,4,6-7,9-13H2,1H3,(H,22,24)/t16-,17-,18+/m0/s1. The van der Waals surface area contributed by atoms with E-state index < -0.39 is 16.1 Å². The Hall–Kier alpha value is -1.48. The van der Waals surface area contributed by atoms with Crippen molar-refractivity contribution in [3.8, 4) is 0 Å². The predicted molar refractivity (Wildman–Crippen MR) is 105 cm³/mol. The van der Waals surface area contributed by atoms with E-state index in [4.69, 9.17) is 4.74 Å². The number of hydrogen-bond acceptors (Lipinski definition) is 5. The lowest BCUT2D eigenvalue weighted by atomic mass is 9.84. The molecule has 0 aromatic heterocycles. The van der Waals surface area contributed by atoms with Gasteiger partial charge in [0.15, 0.2) is 0 Å². The lowest BCUT2D eigenvalue weighted by Gasteiger charge is -2.37. The van der Waals surface area contributed by atoms with Crippen LogP contribution in [-0.2, 0) is 19.6 Å². The van der Waals surface area contributed by atoms with E-state index >= 15 is 0 Å². The lowest BCUT2D eigenvalue weighted by Crippen LogP contribution is -2.53. The van der Waals surface area contributed by atoms with E-state index in [9.17, 15) is 18.3 Å². The Balaban J connectivity index is 1.47. The molecule has 1 aliphatic carbocycles. The largest absolute Gasteiger partial charge is 0.394 e. The van der Waals surface area contributed by atoms with Crippen molar-refractivity contribution in [2.45, 2.75) is 68.6 Å². The third kappa shape index (κ3) is 5.11. The molecule has 1 aromatic carbocycles. The maximum atomic E-state index is 12.4. The zero-order valence-corrected chi connectivity index (χ0v) is 17.1. The summed E-state index contributed by atoms with van der Waals surface area (Å²) in [7, 11) is -3.56. The number of rotatable bonds is 8. The fourth-order valence-corrected chi connectivity index (χ4v) is 5.06. The summed E-state index contributed by atoms with van der Waals surface area (Å²) in [6, 6.07) is 6.68. The monoisotopic (exact) mass is 410 g/mol. The van der Waals surface area contributed by atoms with Gasteiger partial charge in [-0.1, -0.05) is 24.6 Å². The first-order valence-electron chi connectivity index (χ1n) is 10.0. The summed E-state index contributed by atoms with van der Waals surface area (Å²) in [6.07, 6.45) is 4.34. The molecule has 3 N–H and O–H groups in total. The van der Waals surface area contributed by atoms with Crippen LogP contribution in [0.1, 0.15) is 44.1 Å². The fraction of sp³-hybridized carbons (Fsp3) is 0.650. The molecule has 2 fully saturated rings. The second-order valence-corrected chi connectivity index (χ2v) is 9.49. The molecule has 0 unspecified atom stereocenters. The Kier molecular flexibility index (Phi) is 7.09. The molecule has 1 heterocycles. The van der Waals surface area contributed by atoms with Gasteiger partial charge in [-0.05, 0) is 50.7 Å². The molecule has 0 radical (unpaired) electrons. The highest BCUT2D eigenvalue weighted by molar-refractivity contribution is 7.89. The van der Waals surface area contributed by atoms with Gasteiger partial charge in [0.2, 0.25) is 15.9 Å². The van der Waals surface area contributed by atoms with Gasteiger partial charge in [0.25, 0.3) is 0 Å². The number of nitrogens with one attached hydrogen (secondary N) is 2. The van der Waals surface area contributed by atoms with Gasteiger partial charge in [-0.15, -0.1) is 0 Å². The van der Waals surface area contributed by atoms with Crippen molar-refractivity contribution >= 4 is 15.9 Å². The van der Waals surface area contributed by atoms with Gasteiger partial charge >= 0.3 is 0 Å². The van der Waals surface area contributed by atoms with E-state index in [1.807, 2.05) is 0 Å². The second kappa shape index (κ2) is 9.35. The summed E-state index contributed by atoms with van der Waals surface area (Å²) in [6.45, 7) is 1.86. The first-order valence-corrected chi connectivity index (χ1v) is 11.5. The Bertz CT molecular complexity index is 779. The van der Waals surface area contributed by atoms with Crippen LogP contribution in [0.3, 0.4) is 0 Å². The topological polar surface area (TPSA) is 105 Å². The maximum Gasteiger partial charge on any atom is 0.240 e. The third-order valence-corrected chi connectivity index (χ3v) is 7.36. The van der Waals surface area contributed by atoms with E-state index in [0.717, 1.165) is 32.1 Å². The number of sulfonamides is 1. The van der Waals surface area contributed by atoms with E-state index in [1.165, 1.54) is 0 Å². The Morgan fingerprint density at radius 3 is 2.61 bits per heavy atom. The maximum absolute atomic E-state index is 12.4. The molecule has 1 saturated carbocycles. The van der Waals surface area contributed by atoms with Crippen molar-refractivity contribution in [1.29, 1.82) is 0 Å². The number of carbonyl (C=O) groups is 1. The molecular weight excluding hydrogens is 380 g/mol. The number of aliphatic hydroxyl groups excluding tert-OH is 1. The van der Waals surface area contributed by atoms with E-state index in [2.05, 4.69) is 10.0 Å². The van der Waals surface area contributed by atoms with Crippen molar-refractivity contribution in [1.82, 2.24) is 10.0 Å². The molecule has 3 rings (SSSR count). The summed E-state index contributed by atoms with van der Waals surface area (Å²) in [4.78, 5) is 12.4. The number of aliphatic hydroxyl groups is 1. The summed E-state index contributed by atoms with van der Waals surface area (Å²) in [5.41, 5.74) is 0.703. The Morgan fingerprint density at radius 2 is 1.96 bits per heavy atom. The van der Waals surface area contributed by atoms with Crippen LogP contribution in [0.4, 0.5) is 0 Å². The molecule has 1 aliphatic heterocycles. The lowest BCUT2D eigenvalue weighted by molar-refractivity contribution is -0.134. The molecule has 0 spiro atoms. The Labute approximate surface area is 166 Å². The number of ether oxygens (including phenoxy) is 1. The van der Waals surface area contributed by atoms with E-state index in [1.54, 1.807) is 31.2 Å². The summed E-state index contributed by atoms with van der Waals surface area (Å²) < 4.78 is 33.4. The molecule has 156 valence electrons. The molecular formula is C20H30N2O5S. The minimum Gasteiger partial charge on any atom is -0.394 e. The van der Waals surface area contributed by atoms with Gasteiger partial charge in [-0.25, -0.2) is 13.1 Å². The first-order chi connectivity index (χ1) is 13.4. The molecule has 1 aromatic rings. The van der Waals surface area contributed by atoms with Crippen LogP contribution in [0.2, 0.25) is 0 Å². The number of hydrogen-bond donors (Lipinski definition) is 3. The fourth-order valence-electron chi connectivity index (χ4n) is 3.77. The predicted octanol–water partition coefficient (Wildman–Crippen LogP) is 1.49. The van der Waals surface area contributed by atoms with Crippen molar-refractivity contribution in [2.75, 3.05) is 13.2 Å². The van der Waals surface area contributed by atoms with Gasteiger partial charge in [-0.3, -0.25) is 4.79 Å². The summed E-state index contributed by atoms with van der Waals surface area (Å²) in [5.74, 6) is 0.163. The van der Waals surface area contributed by atoms with Crippen molar-refractivity contribution < 1.29 is 23.1 Å². The number of amides is 1. The van der Waals surface area contributed by atoms with Gasteiger partial charge in [0, 0.05) is 12.5 Å². The van der Waals surface area contributed by atoms with Crippen LogP contribution in [0, 0.1) is 12.8 Å². The summed E-state index contributed by atoms with van der Waals surface area (Å²) in [5, 5.41) is 12.7. The Morgan fingerprint density at radius 1 is 1.21 bits per heavy atom. The molecule has 3 atom stereocenters. The van der Waals surface area contributed by atoms with Crippen LogP contribution >= 0.6 is 0 Å². The molecule has 8 heteroatoms. The molecule has 7 nitrogen and oxygen atoms in total. The zero-order valence-electron chi connectivity index (χ0n) is 16.3. The van der Waals surface area contributed by atoms with Crippen LogP contribution in [0.15, 0.2) is 29.2 Å². The van der Waals surface area contributed by atoms with Crippen molar-refractivity contribution in [2.24, 2.45) is 5.92 Å². The molecule has 1 saturated heterocycles. The summed E-state index contributed by atoms with van der Waals surface area (Å²) >= 11 is 0. The van der Waals surface area contributed by atoms with Gasteiger partial charge in [0.1, 0.15) is 6.10 Å². The second-order valence-electron chi connectivity index (χ2n) is 7.75. The SMILES string of the molecule is Cc1ccccc1S(=O)(=O)NCC[C@@H]1CC[C@H](NC(=O)C2CCC2)[C@@H](CO)O1. The number of benzene rings is 1. The smallest absolute Gasteiger partial charge is 0.240 e. The average molecular weight is 411 g/mol. The first kappa shape index (κ1) is 21.2. The van der Waals surface area contributed by atoms with Gasteiger partial charge in [0.05, 0.1) is 23.6 Å². The molecule has 0 bridgehead atoms. The highest BCUT2D eigenvalue weighted by Crippen LogP contribution is 2.28.